The zero-order valence-corrected chi connectivity index (χ0v) is 16.2. The Morgan fingerprint density at radius 2 is 1.56 bits per heavy atom. The number of unbranched alkanes of at least 4 members (excludes halogenated alkanes) is 4. The molecule has 18 heavy (non-hydrogen) atoms. The van der Waals surface area contributed by atoms with Crippen LogP contribution >= 0.6 is 0 Å². The van der Waals surface area contributed by atoms with Crippen LogP contribution in [0.2, 0.25) is 3.63 Å². The fourth-order valence-corrected chi connectivity index (χ4v) is 1.05. The number of aliphatic carboxylic acids is 2. The Hall–Kier alpha value is 0.706. The van der Waals surface area contributed by atoms with Gasteiger partial charge in [0.25, 0.3) is 0 Å². The smallest absolute Gasteiger partial charge is 0 e. The normalized spacial score (nSPS) is 10.5. The molecule has 2 N–H and O–H groups in total. The Balaban J connectivity index is -0.000000251. The molecule has 0 aromatic heterocycles. The van der Waals surface area contributed by atoms with Crippen LogP contribution in [0.25, 0.3) is 0 Å². The molecule has 0 rings (SSSR count). The average Bonchev–Trinajstić information content (AvgIpc) is 2.28. The Bertz CT molecular complexity index is 210. The van der Waals surface area contributed by atoms with Gasteiger partial charge >= 0.3 is 63.5 Å². The van der Waals surface area contributed by atoms with Crippen LogP contribution in [0.1, 0.15) is 58.8 Å². The van der Waals surface area contributed by atoms with Gasteiger partial charge in [-0.05, 0) is 6.42 Å². The molecule has 103 valence electrons. The molecule has 1 atom stereocenters. The van der Waals surface area contributed by atoms with E-state index in [1.807, 2.05) is 6.92 Å². The molecule has 1 unspecified atom stereocenters. The predicted octanol–water partition coefficient (Wildman–Crippen LogP) is 3.25. The van der Waals surface area contributed by atoms with E-state index in [0.29, 0.717) is 6.42 Å². The maximum Gasteiger partial charge on any atom is 0 e. The van der Waals surface area contributed by atoms with Gasteiger partial charge in [0.05, 0.1) is 0 Å². The first-order valence-electron chi connectivity index (χ1n) is 6.11. The van der Waals surface area contributed by atoms with Gasteiger partial charge in [0.1, 0.15) is 0 Å². The third kappa shape index (κ3) is 21.9. The first-order chi connectivity index (χ1) is 7.95. The first kappa shape index (κ1) is 23.8. The minimum Gasteiger partial charge on any atom is 0 e. The number of rotatable bonds is 8. The summed E-state index contributed by atoms with van der Waals surface area (Å²) in [5, 5.41) is 16.5. The topological polar surface area (TPSA) is 74.6 Å². The van der Waals surface area contributed by atoms with Crippen LogP contribution in [-0.2, 0) is 60.5 Å². The summed E-state index contributed by atoms with van der Waals surface area (Å²) in [6, 6.07) is 0. The molecule has 0 aromatic rings. The Morgan fingerprint density at radius 3 is 1.83 bits per heavy atom. The van der Waals surface area contributed by atoms with Gasteiger partial charge < -0.3 is 5.11 Å². The molecule has 0 aliphatic heterocycles. The van der Waals surface area contributed by atoms with Gasteiger partial charge in [-0.1, -0.05) is 32.6 Å². The van der Waals surface area contributed by atoms with Crippen molar-refractivity contribution in [3.63, 3.8) is 0 Å². The van der Waals surface area contributed by atoms with E-state index in [1.54, 1.807) is 0 Å². The second kappa shape index (κ2) is 17.7. The van der Waals surface area contributed by atoms with E-state index >= 15 is 0 Å². The molecular formula is C12H23O4Zr2. The molecular weight excluding hydrogens is 391 g/mol. The molecule has 0 spiro atoms. The molecule has 0 heterocycles. The van der Waals surface area contributed by atoms with E-state index in [2.05, 4.69) is 6.92 Å². The van der Waals surface area contributed by atoms with E-state index in [4.69, 9.17) is 10.2 Å². The molecule has 0 bridgehead atoms. The maximum atomic E-state index is 10.0. The molecule has 0 aliphatic carbocycles. The predicted molar refractivity (Wildman–Crippen MR) is 62.7 cm³/mol. The number of carboxylic acids is 2. The van der Waals surface area contributed by atoms with Gasteiger partial charge in [-0.3, -0.25) is 4.79 Å². The third-order valence-electron chi connectivity index (χ3n) is 2.20. The molecule has 0 radical (unpaired) electrons. The summed E-state index contributed by atoms with van der Waals surface area (Å²) in [5.74, 6) is -1.34. The van der Waals surface area contributed by atoms with Gasteiger partial charge in [0.15, 0.2) is 0 Å². The standard InChI is InChI=1S/C8H16O2.C4H7O2.2Zr/c1-2-3-4-5-6-7-8(9)10;1-2-3-4(5)6;;/h2-7H2,1H3,(H,9,10);3H,2H2,1H3,(H,5,6);;. The van der Waals surface area contributed by atoms with Crippen molar-refractivity contribution < 1.29 is 70.7 Å². The van der Waals surface area contributed by atoms with Crippen LogP contribution < -0.4 is 0 Å². The molecule has 6 heteroatoms. The maximum absolute atomic E-state index is 10.0. The van der Waals surface area contributed by atoms with Crippen LogP contribution in [0.3, 0.4) is 0 Å². The van der Waals surface area contributed by atoms with Gasteiger partial charge in [0.2, 0.25) is 0 Å². The Morgan fingerprint density at radius 1 is 1.06 bits per heavy atom. The summed E-state index contributed by atoms with van der Waals surface area (Å²) in [6.45, 7) is 4.03. The van der Waals surface area contributed by atoms with Crippen molar-refractivity contribution in [1.82, 2.24) is 0 Å². The summed E-state index contributed by atoms with van der Waals surface area (Å²) in [5.41, 5.74) is 0. The van der Waals surface area contributed by atoms with Crippen molar-refractivity contribution >= 4 is 11.9 Å². The van der Waals surface area contributed by atoms with Crippen molar-refractivity contribution in [2.45, 2.75) is 62.4 Å². The largest absolute Gasteiger partial charge is 0 e. The van der Waals surface area contributed by atoms with E-state index < -0.39 is 11.9 Å². The molecule has 4 nitrogen and oxygen atoms in total. The van der Waals surface area contributed by atoms with E-state index in [9.17, 15) is 9.59 Å². The summed E-state index contributed by atoms with van der Waals surface area (Å²) < 4.78 is -0.0906. The van der Waals surface area contributed by atoms with Crippen molar-refractivity contribution in [1.29, 1.82) is 0 Å². The van der Waals surface area contributed by atoms with E-state index in [0.717, 1.165) is 44.0 Å². The monoisotopic (exact) mass is 411 g/mol. The quantitative estimate of drug-likeness (QED) is 0.599. The van der Waals surface area contributed by atoms with Crippen molar-refractivity contribution in [3.05, 3.63) is 0 Å². The van der Waals surface area contributed by atoms with Gasteiger partial charge in [-0.2, -0.15) is 0 Å². The minimum absolute atomic E-state index is 0. The first-order valence-corrected chi connectivity index (χ1v) is 7.53. The number of carbonyl (C=O) groups is 2. The van der Waals surface area contributed by atoms with Crippen LogP contribution in [0.15, 0.2) is 0 Å². The number of carboxylic acid groups (broad SMARTS) is 2. The average molecular weight is 414 g/mol. The summed E-state index contributed by atoms with van der Waals surface area (Å²) >= 11 is 1.10. The molecule has 0 fully saturated rings. The summed E-state index contributed by atoms with van der Waals surface area (Å²) in [4.78, 5) is 20.0. The van der Waals surface area contributed by atoms with Crippen LogP contribution in [0, 0.1) is 0 Å². The zero-order valence-electron chi connectivity index (χ0n) is 11.2. The van der Waals surface area contributed by atoms with Crippen molar-refractivity contribution in [2.75, 3.05) is 0 Å². The van der Waals surface area contributed by atoms with Crippen molar-refractivity contribution in [3.8, 4) is 0 Å². The fraction of sp³-hybridized carbons (Fsp3) is 0.833. The molecule has 0 aromatic carbocycles. The second-order valence-corrected chi connectivity index (χ2v) is 5.57. The SMILES string of the molecule is CCCCCCCC(=O)O.CC[CH]([Zr])C(=O)O.[Zr]. The van der Waals surface area contributed by atoms with Crippen LogP contribution in [0.4, 0.5) is 0 Å². The van der Waals surface area contributed by atoms with Gasteiger partial charge in [-0.15, -0.1) is 0 Å². The van der Waals surface area contributed by atoms with Gasteiger partial charge in [0, 0.05) is 32.6 Å². The molecule has 0 aliphatic rings. The molecule has 0 saturated heterocycles. The summed E-state index contributed by atoms with van der Waals surface area (Å²) in [7, 11) is 0. The number of hydrogen-bond donors (Lipinski definition) is 2. The second-order valence-electron chi connectivity index (χ2n) is 3.86. The number of hydrogen-bond acceptors (Lipinski definition) is 2. The molecule has 0 saturated carbocycles. The van der Waals surface area contributed by atoms with Crippen LogP contribution in [-0.4, -0.2) is 22.2 Å². The van der Waals surface area contributed by atoms with E-state index in [1.165, 1.54) is 19.3 Å². The summed E-state index contributed by atoms with van der Waals surface area (Å²) in [6.07, 6.45) is 6.64. The fourth-order valence-electron chi connectivity index (χ4n) is 1.05. The Labute approximate surface area is 144 Å². The Kier molecular flexibility index (Phi) is 23.4. The van der Waals surface area contributed by atoms with E-state index in [-0.39, 0.29) is 29.8 Å². The minimum atomic E-state index is -0.670. The third-order valence-corrected chi connectivity index (χ3v) is 3.81. The zero-order chi connectivity index (χ0) is 13.7. The van der Waals surface area contributed by atoms with Gasteiger partial charge in [-0.25, -0.2) is 0 Å². The van der Waals surface area contributed by atoms with Crippen molar-refractivity contribution in [2.24, 2.45) is 0 Å². The van der Waals surface area contributed by atoms with Crippen LogP contribution in [0.5, 0.6) is 0 Å². The molecule has 0 amide bonds.